The maximum Gasteiger partial charge on any atom is 0.160 e. The molecule has 0 fully saturated rings. The van der Waals surface area contributed by atoms with E-state index < -0.39 is 0 Å². The van der Waals surface area contributed by atoms with Crippen LogP contribution in [0.3, 0.4) is 0 Å². The van der Waals surface area contributed by atoms with Gasteiger partial charge in [-0.05, 0) is 35.4 Å². The van der Waals surface area contributed by atoms with E-state index in [9.17, 15) is 4.79 Å². The summed E-state index contributed by atoms with van der Waals surface area (Å²) >= 11 is 3.20. The van der Waals surface area contributed by atoms with Crippen LogP contribution in [0.4, 0.5) is 0 Å². The lowest BCUT2D eigenvalue weighted by Gasteiger charge is -2.01. The lowest BCUT2D eigenvalue weighted by Crippen LogP contribution is -1.80. The highest BCUT2D eigenvalue weighted by Crippen LogP contribution is 2.28. The molecule has 0 radical (unpaired) electrons. The number of benzene rings is 1. The van der Waals surface area contributed by atoms with Crippen molar-refractivity contribution in [3.8, 4) is 11.1 Å². The first-order valence-electron chi connectivity index (χ1n) is 4.52. The van der Waals surface area contributed by atoms with Crippen LogP contribution in [0.1, 0.15) is 9.67 Å². The lowest BCUT2D eigenvalue weighted by atomic mass is 10.1. The number of thiophene rings is 1. The molecular weight excluding hydrogens is 224 g/mol. The third kappa shape index (κ3) is 2.13. The zero-order valence-electron chi connectivity index (χ0n) is 8.27. The fourth-order valence-electron chi connectivity index (χ4n) is 1.42. The summed E-state index contributed by atoms with van der Waals surface area (Å²) in [6.45, 7) is 0. The zero-order chi connectivity index (χ0) is 10.7. The number of rotatable bonds is 3. The van der Waals surface area contributed by atoms with Crippen LogP contribution in [-0.4, -0.2) is 12.5 Å². The van der Waals surface area contributed by atoms with Gasteiger partial charge in [-0.25, -0.2) is 0 Å². The average Bonchev–Trinajstić information content (AvgIpc) is 2.77. The van der Waals surface area contributed by atoms with E-state index in [4.69, 9.17) is 0 Å². The summed E-state index contributed by atoms with van der Waals surface area (Å²) in [6, 6.07) is 10.3. The molecule has 0 amide bonds. The largest absolute Gasteiger partial charge is 0.297 e. The van der Waals surface area contributed by atoms with Gasteiger partial charge >= 0.3 is 0 Å². The highest BCUT2D eigenvalue weighted by atomic mass is 32.2. The van der Waals surface area contributed by atoms with Gasteiger partial charge in [0, 0.05) is 10.5 Å². The van der Waals surface area contributed by atoms with E-state index in [1.807, 2.05) is 11.4 Å². The van der Waals surface area contributed by atoms with Gasteiger partial charge in [-0.3, -0.25) is 4.79 Å². The number of hydrogen-bond acceptors (Lipinski definition) is 3. The summed E-state index contributed by atoms with van der Waals surface area (Å²) < 4.78 is 0. The van der Waals surface area contributed by atoms with Crippen molar-refractivity contribution in [1.82, 2.24) is 0 Å². The lowest BCUT2D eigenvalue weighted by molar-refractivity contribution is 0.112. The summed E-state index contributed by atoms with van der Waals surface area (Å²) in [5.41, 5.74) is 2.14. The molecular formula is C12H10OS2. The smallest absolute Gasteiger partial charge is 0.160 e. The van der Waals surface area contributed by atoms with Gasteiger partial charge < -0.3 is 0 Å². The standard InChI is InChI=1S/C12H10OS2/c1-14-10-4-2-9(3-5-10)11-6-7-15-12(11)8-13/h2-8H,1H3. The van der Waals surface area contributed by atoms with Crippen molar-refractivity contribution in [3.05, 3.63) is 40.6 Å². The fraction of sp³-hybridized carbons (Fsp3) is 0.0833. The molecule has 0 atom stereocenters. The van der Waals surface area contributed by atoms with E-state index in [-0.39, 0.29) is 0 Å². The molecule has 1 nitrogen and oxygen atoms in total. The zero-order valence-corrected chi connectivity index (χ0v) is 9.90. The summed E-state index contributed by atoms with van der Waals surface area (Å²) in [5.74, 6) is 0. The van der Waals surface area contributed by atoms with Crippen LogP contribution >= 0.6 is 23.1 Å². The van der Waals surface area contributed by atoms with Gasteiger partial charge in [0.2, 0.25) is 0 Å². The van der Waals surface area contributed by atoms with Crippen molar-refractivity contribution in [2.75, 3.05) is 6.26 Å². The Balaban J connectivity index is 2.41. The van der Waals surface area contributed by atoms with Crippen molar-refractivity contribution in [2.24, 2.45) is 0 Å². The first-order valence-corrected chi connectivity index (χ1v) is 6.62. The molecule has 2 aromatic rings. The molecule has 76 valence electrons. The number of carbonyl (C=O) groups is 1. The number of thioether (sulfide) groups is 1. The number of carbonyl (C=O) groups excluding carboxylic acids is 1. The van der Waals surface area contributed by atoms with Crippen molar-refractivity contribution in [1.29, 1.82) is 0 Å². The molecule has 1 aromatic heterocycles. The minimum atomic E-state index is 0.798. The molecule has 1 aromatic carbocycles. The van der Waals surface area contributed by atoms with Gasteiger partial charge in [0.1, 0.15) is 0 Å². The summed E-state index contributed by atoms with van der Waals surface area (Å²) in [7, 11) is 0. The Bertz CT molecular complexity index is 457. The highest BCUT2D eigenvalue weighted by Gasteiger charge is 2.05. The Labute approximate surface area is 97.1 Å². The van der Waals surface area contributed by atoms with Crippen molar-refractivity contribution in [2.45, 2.75) is 4.90 Å². The molecule has 0 N–H and O–H groups in total. The monoisotopic (exact) mass is 234 g/mol. The number of aldehydes is 1. The van der Waals surface area contributed by atoms with Crippen molar-refractivity contribution >= 4 is 29.4 Å². The minimum Gasteiger partial charge on any atom is -0.297 e. The maximum absolute atomic E-state index is 10.8. The summed E-state index contributed by atoms with van der Waals surface area (Å²) in [4.78, 5) is 12.8. The van der Waals surface area contributed by atoms with Gasteiger partial charge in [-0.2, -0.15) is 0 Å². The third-order valence-corrected chi connectivity index (χ3v) is 3.79. The van der Waals surface area contributed by atoms with Crippen molar-refractivity contribution in [3.63, 3.8) is 0 Å². The average molecular weight is 234 g/mol. The second-order valence-corrected chi connectivity index (χ2v) is 4.87. The van der Waals surface area contributed by atoms with Gasteiger partial charge in [0.25, 0.3) is 0 Å². The second-order valence-electron chi connectivity index (χ2n) is 3.04. The normalized spacial score (nSPS) is 10.2. The summed E-state index contributed by atoms with van der Waals surface area (Å²) in [6.07, 6.45) is 2.97. The Kier molecular flexibility index (Phi) is 3.23. The van der Waals surface area contributed by atoms with Gasteiger partial charge in [-0.1, -0.05) is 12.1 Å². The Morgan fingerprint density at radius 2 is 1.93 bits per heavy atom. The van der Waals surface area contributed by atoms with Gasteiger partial charge in [0.05, 0.1) is 4.88 Å². The third-order valence-electron chi connectivity index (χ3n) is 2.20. The topological polar surface area (TPSA) is 17.1 Å². The Hall–Kier alpha value is -1.06. The second kappa shape index (κ2) is 4.64. The first-order chi connectivity index (χ1) is 7.35. The van der Waals surface area contributed by atoms with Crippen LogP contribution in [0.2, 0.25) is 0 Å². The van der Waals surface area contributed by atoms with E-state index in [2.05, 4.69) is 30.5 Å². The predicted octanol–water partition coefficient (Wildman–Crippen LogP) is 3.95. The molecule has 0 spiro atoms. The quantitative estimate of drug-likeness (QED) is 0.591. The molecule has 0 aliphatic heterocycles. The van der Waals surface area contributed by atoms with Crippen LogP contribution in [0.5, 0.6) is 0 Å². The van der Waals surface area contributed by atoms with Crippen molar-refractivity contribution < 1.29 is 4.79 Å². The van der Waals surface area contributed by atoms with Crippen LogP contribution in [0, 0.1) is 0 Å². The van der Waals surface area contributed by atoms with Crippen LogP contribution in [0.25, 0.3) is 11.1 Å². The maximum atomic E-state index is 10.8. The number of hydrogen-bond donors (Lipinski definition) is 0. The molecule has 0 bridgehead atoms. The first kappa shape index (κ1) is 10.5. The van der Waals surface area contributed by atoms with E-state index in [0.717, 1.165) is 22.3 Å². The van der Waals surface area contributed by atoms with E-state index >= 15 is 0 Å². The molecule has 0 saturated carbocycles. The van der Waals surface area contributed by atoms with Gasteiger partial charge in [0.15, 0.2) is 6.29 Å². The molecule has 2 rings (SSSR count). The predicted molar refractivity (Wildman–Crippen MR) is 66.9 cm³/mol. The van der Waals surface area contributed by atoms with E-state index in [0.29, 0.717) is 0 Å². The van der Waals surface area contributed by atoms with Crippen LogP contribution in [0.15, 0.2) is 40.6 Å². The molecule has 15 heavy (non-hydrogen) atoms. The Morgan fingerprint density at radius 3 is 2.53 bits per heavy atom. The minimum absolute atomic E-state index is 0.798. The Morgan fingerprint density at radius 1 is 1.20 bits per heavy atom. The summed E-state index contributed by atoms with van der Waals surface area (Å²) in [5, 5.41) is 1.95. The van der Waals surface area contributed by atoms with E-state index in [1.54, 1.807) is 11.8 Å². The molecule has 3 heteroatoms. The fourth-order valence-corrected chi connectivity index (χ4v) is 2.55. The SMILES string of the molecule is CSc1ccc(-c2ccsc2C=O)cc1. The molecule has 1 heterocycles. The van der Waals surface area contributed by atoms with Crippen LogP contribution in [-0.2, 0) is 0 Å². The highest BCUT2D eigenvalue weighted by molar-refractivity contribution is 7.98. The molecule has 0 saturated heterocycles. The van der Waals surface area contributed by atoms with E-state index in [1.165, 1.54) is 16.2 Å². The molecule has 0 aliphatic rings. The molecule has 0 aliphatic carbocycles. The van der Waals surface area contributed by atoms with Gasteiger partial charge in [-0.15, -0.1) is 23.1 Å². The van der Waals surface area contributed by atoms with Crippen LogP contribution < -0.4 is 0 Å². The molecule has 0 unspecified atom stereocenters.